The van der Waals surface area contributed by atoms with Gasteiger partial charge in [-0.2, -0.15) is 11.3 Å². The molecule has 0 aliphatic rings. The molecule has 100 valence electrons. The van der Waals surface area contributed by atoms with Gasteiger partial charge in [0.05, 0.1) is 0 Å². The predicted molar refractivity (Wildman–Crippen MR) is 86.9 cm³/mol. The van der Waals surface area contributed by atoms with Gasteiger partial charge in [-0.3, -0.25) is 0 Å². The van der Waals surface area contributed by atoms with Gasteiger partial charge in [-0.25, -0.2) is 4.39 Å². The zero-order chi connectivity index (χ0) is 13.9. The lowest BCUT2D eigenvalue weighted by molar-refractivity contribution is 0.628. The van der Waals surface area contributed by atoms with Crippen molar-refractivity contribution in [2.24, 2.45) is 0 Å². The van der Waals surface area contributed by atoms with Crippen molar-refractivity contribution in [2.45, 2.75) is 4.90 Å². The Bertz CT molecular complexity index is 714. The second-order valence-corrected chi connectivity index (χ2v) is 6.00. The van der Waals surface area contributed by atoms with Gasteiger partial charge in [-0.1, -0.05) is 30.3 Å². The molecule has 1 aromatic heterocycles. The highest BCUT2D eigenvalue weighted by atomic mass is 32.2. The number of benzene rings is 2. The van der Waals surface area contributed by atoms with Crippen LogP contribution in [-0.4, -0.2) is 6.26 Å². The molecule has 0 nitrogen and oxygen atoms in total. The van der Waals surface area contributed by atoms with Crippen molar-refractivity contribution in [2.75, 3.05) is 6.26 Å². The van der Waals surface area contributed by atoms with Crippen molar-refractivity contribution in [3.05, 3.63) is 65.1 Å². The van der Waals surface area contributed by atoms with E-state index in [0.29, 0.717) is 0 Å². The maximum Gasteiger partial charge on any atom is 0.123 e. The van der Waals surface area contributed by atoms with Crippen LogP contribution in [0, 0.1) is 5.82 Å². The highest BCUT2D eigenvalue weighted by Crippen LogP contribution is 2.39. The molecule has 0 spiro atoms. The van der Waals surface area contributed by atoms with Crippen LogP contribution in [0.5, 0.6) is 0 Å². The third-order valence-corrected chi connectivity index (χ3v) is 4.75. The Morgan fingerprint density at radius 3 is 2.30 bits per heavy atom. The summed E-state index contributed by atoms with van der Waals surface area (Å²) in [6.07, 6.45) is 2.09. The molecule has 0 saturated carbocycles. The lowest BCUT2D eigenvalue weighted by Gasteiger charge is -2.09. The van der Waals surface area contributed by atoms with Crippen LogP contribution < -0.4 is 0 Å². The summed E-state index contributed by atoms with van der Waals surface area (Å²) >= 11 is 3.42. The number of halogens is 1. The first kappa shape index (κ1) is 13.4. The van der Waals surface area contributed by atoms with Crippen molar-refractivity contribution in [3.63, 3.8) is 0 Å². The van der Waals surface area contributed by atoms with Crippen LogP contribution in [0.3, 0.4) is 0 Å². The Morgan fingerprint density at radius 2 is 1.55 bits per heavy atom. The summed E-state index contributed by atoms with van der Waals surface area (Å²) in [6.45, 7) is 0. The molecule has 2 aromatic carbocycles. The van der Waals surface area contributed by atoms with E-state index in [2.05, 4.69) is 41.3 Å². The highest BCUT2D eigenvalue weighted by Gasteiger charge is 2.11. The summed E-state index contributed by atoms with van der Waals surface area (Å²) in [4.78, 5) is 1.26. The van der Waals surface area contributed by atoms with Crippen molar-refractivity contribution in [1.29, 1.82) is 0 Å². The molecule has 0 bridgehead atoms. The Labute approximate surface area is 126 Å². The fraction of sp³-hybridized carbons (Fsp3) is 0.0588. The molecule has 0 aliphatic carbocycles. The maximum absolute atomic E-state index is 13.1. The minimum atomic E-state index is -0.199. The Kier molecular flexibility index (Phi) is 3.90. The lowest BCUT2D eigenvalue weighted by atomic mass is 9.99. The number of hydrogen-bond acceptors (Lipinski definition) is 2. The van der Waals surface area contributed by atoms with Gasteiger partial charge in [0.25, 0.3) is 0 Å². The van der Waals surface area contributed by atoms with Gasteiger partial charge in [0.1, 0.15) is 5.82 Å². The summed E-state index contributed by atoms with van der Waals surface area (Å²) in [5.74, 6) is -0.199. The molecule has 3 rings (SSSR count). The Balaban J connectivity index is 2.13. The van der Waals surface area contributed by atoms with Crippen LogP contribution in [0.4, 0.5) is 4.39 Å². The summed E-state index contributed by atoms with van der Waals surface area (Å²) < 4.78 is 13.1. The van der Waals surface area contributed by atoms with Gasteiger partial charge >= 0.3 is 0 Å². The predicted octanol–water partition coefficient (Wildman–Crippen LogP) is 5.94. The van der Waals surface area contributed by atoms with Crippen molar-refractivity contribution < 1.29 is 4.39 Å². The first-order valence-electron chi connectivity index (χ1n) is 6.25. The van der Waals surface area contributed by atoms with Crippen molar-refractivity contribution >= 4 is 23.1 Å². The zero-order valence-electron chi connectivity index (χ0n) is 11.0. The van der Waals surface area contributed by atoms with Gasteiger partial charge in [0.15, 0.2) is 0 Å². The molecule has 3 heteroatoms. The summed E-state index contributed by atoms with van der Waals surface area (Å²) in [6, 6.07) is 15.1. The molecule has 0 N–H and O–H groups in total. The topological polar surface area (TPSA) is 0 Å². The second-order valence-electron chi connectivity index (χ2n) is 4.41. The molecule has 0 atom stereocenters. The van der Waals surface area contributed by atoms with Crippen molar-refractivity contribution in [3.8, 4) is 22.3 Å². The lowest BCUT2D eigenvalue weighted by Crippen LogP contribution is -1.83. The van der Waals surface area contributed by atoms with Gasteiger partial charge in [-0.15, -0.1) is 11.8 Å². The molecule has 0 radical (unpaired) electrons. The van der Waals surface area contributed by atoms with E-state index in [1.807, 2.05) is 12.1 Å². The molecule has 3 aromatic rings. The average molecular weight is 300 g/mol. The molecule has 0 amide bonds. The number of rotatable bonds is 3. The fourth-order valence-corrected chi connectivity index (χ4v) is 3.70. The van der Waals surface area contributed by atoms with E-state index >= 15 is 0 Å². The number of thiophene rings is 1. The van der Waals surface area contributed by atoms with Crippen LogP contribution in [0.2, 0.25) is 0 Å². The average Bonchev–Trinajstić information content (AvgIpc) is 2.97. The van der Waals surface area contributed by atoms with E-state index in [-0.39, 0.29) is 5.82 Å². The van der Waals surface area contributed by atoms with Crippen LogP contribution in [-0.2, 0) is 0 Å². The minimum absolute atomic E-state index is 0.199. The molecule has 0 unspecified atom stereocenters. The van der Waals surface area contributed by atoms with Gasteiger partial charge in [0.2, 0.25) is 0 Å². The van der Waals surface area contributed by atoms with Crippen molar-refractivity contribution in [1.82, 2.24) is 0 Å². The van der Waals surface area contributed by atoms with E-state index < -0.39 is 0 Å². The fourth-order valence-electron chi connectivity index (χ4n) is 2.23. The van der Waals surface area contributed by atoms with Crippen LogP contribution >= 0.6 is 23.1 Å². The Morgan fingerprint density at radius 1 is 0.850 bits per heavy atom. The van der Waals surface area contributed by atoms with E-state index in [0.717, 1.165) is 11.1 Å². The number of thioether (sulfide) groups is 1. The second kappa shape index (κ2) is 5.81. The third-order valence-electron chi connectivity index (χ3n) is 3.21. The number of hydrogen-bond donors (Lipinski definition) is 0. The van der Waals surface area contributed by atoms with E-state index in [1.54, 1.807) is 23.1 Å². The van der Waals surface area contributed by atoms with Gasteiger partial charge < -0.3 is 0 Å². The molecule has 20 heavy (non-hydrogen) atoms. The quantitative estimate of drug-likeness (QED) is 0.539. The molecular formula is C17H13FS2. The molecular weight excluding hydrogens is 287 g/mol. The summed E-state index contributed by atoms with van der Waals surface area (Å²) in [5, 5.41) is 4.29. The minimum Gasteiger partial charge on any atom is -0.207 e. The zero-order valence-corrected chi connectivity index (χ0v) is 12.6. The third kappa shape index (κ3) is 2.51. The summed E-state index contributed by atoms with van der Waals surface area (Å²) in [5.41, 5.74) is 4.67. The molecule has 0 aliphatic heterocycles. The van der Waals surface area contributed by atoms with Gasteiger partial charge in [0, 0.05) is 16.0 Å². The Hall–Kier alpha value is -1.58. The monoisotopic (exact) mass is 300 g/mol. The van der Waals surface area contributed by atoms with E-state index in [9.17, 15) is 4.39 Å². The normalized spacial score (nSPS) is 10.7. The van der Waals surface area contributed by atoms with Crippen LogP contribution in [0.15, 0.2) is 64.2 Å². The maximum atomic E-state index is 13.1. The highest BCUT2D eigenvalue weighted by molar-refractivity contribution is 7.98. The summed E-state index contributed by atoms with van der Waals surface area (Å²) in [7, 11) is 0. The van der Waals surface area contributed by atoms with Crippen LogP contribution in [0.25, 0.3) is 22.3 Å². The standard InChI is InChI=1S/C17H13FS2/c1-19-17-5-3-2-4-14(17)16-11-20-10-15(16)12-6-8-13(18)9-7-12/h2-11H,1H3. The van der Waals surface area contributed by atoms with Gasteiger partial charge in [-0.05, 0) is 46.3 Å². The molecule has 0 saturated heterocycles. The largest absolute Gasteiger partial charge is 0.207 e. The molecule has 1 heterocycles. The van der Waals surface area contributed by atoms with Crippen LogP contribution in [0.1, 0.15) is 0 Å². The smallest absolute Gasteiger partial charge is 0.123 e. The van der Waals surface area contributed by atoms with E-state index in [4.69, 9.17) is 0 Å². The SMILES string of the molecule is CSc1ccccc1-c1cscc1-c1ccc(F)cc1. The van der Waals surface area contributed by atoms with E-state index in [1.165, 1.54) is 28.2 Å². The molecule has 0 fully saturated rings. The first-order valence-corrected chi connectivity index (χ1v) is 8.42. The first-order chi connectivity index (χ1) is 9.79.